The highest BCUT2D eigenvalue weighted by Gasteiger charge is 2.36. The lowest BCUT2D eigenvalue weighted by atomic mass is 9.93. The van der Waals surface area contributed by atoms with Gasteiger partial charge in [-0.15, -0.1) is 6.58 Å². The first-order valence-electron chi connectivity index (χ1n) is 5.80. The number of amides is 1. The van der Waals surface area contributed by atoms with E-state index in [1.54, 1.807) is 30.3 Å². The molecule has 1 aromatic rings. The number of carboxylic acids is 1. The van der Waals surface area contributed by atoms with Crippen LogP contribution >= 0.6 is 0 Å². The quantitative estimate of drug-likeness (QED) is 0.757. The summed E-state index contributed by atoms with van der Waals surface area (Å²) < 4.78 is 0. The van der Waals surface area contributed by atoms with E-state index < -0.39 is 17.4 Å². The Balaban J connectivity index is 2.94. The van der Waals surface area contributed by atoms with Gasteiger partial charge in [-0.2, -0.15) is 0 Å². The van der Waals surface area contributed by atoms with Crippen LogP contribution in [0.25, 0.3) is 0 Å². The van der Waals surface area contributed by atoms with Crippen molar-refractivity contribution in [3.63, 3.8) is 0 Å². The largest absolute Gasteiger partial charge is 0.479 e. The third kappa shape index (κ3) is 2.97. The molecule has 4 nitrogen and oxygen atoms in total. The van der Waals surface area contributed by atoms with Gasteiger partial charge in [0.25, 0.3) is 5.91 Å². The lowest BCUT2D eigenvalue weighted by Crippen LogP contribution is -2.52. The molecule has 0 aromatic heterocycles. The summed E-state index contributed by atoms with van der Waals surface area (Å²) in [5.41, 5.74) is -0.970. The highest BCUT2D eigenvalue weighted by Crippen LogP contribution is 2.16. The summed E-state index contributed by atoms with van der Waals surface area (Å²) in [7, 11) is 0. The van der Waals surface area contributed by atoms with Gasteiger partial charge in [-0.05, 0) is 18.6 Å². The molecule has 0 aliphatic rings. The molecule has 96 valence electrons. The predicted molar refractivity (Wildman–Crippen MR) is 69.4 cm³/mol. The molecule has 1 atom stereocenters. The summed E-state index contributed by atoms with van der Waals surface area (Å²) >= 11 is 0. The number of rotatable bonds is 6. The van der Waals surface area contributed by atoms with E-state index in [4.69, 9.17) is 0 Å². The van der Waals surface area contributed by atoms with Crippen molar-refractivity contribution in [2.75, 3.05) is 0 Å². The van der Waals surface area contributed by atoms with E-state index in [0.717, 1.165) is 0 Å². The van der Waals surface area contributed by atoms with Crippen LogP contribution < -0.4 is 5.32 Å². The molecule has 0 saturated carbocycles. The molecule has 0 spiro atoms. The van der Waals surface area contributed by atoms with Crippen LogP contribution in [-0.2, 0) is 4.79 Å². The predicted octanol–water partition coefficient (Wildman–Crippen LogP) is 2.23. The van der Waals surface area contributed by atoms with Crippen molar-refractivity contribution in [2.45, 2.75) is 25.3 Å². The second-order valence-electron chi connectivity index (χ2n) is 4.05. The Kier molecular flexibility index (Phi) is 4.66. The molecule has 0 unspecified atom stereocenters. The van der Waals surface area contributed by atoms with Crippen LogP contribution in [0.4, 0.5) is 0 Å². The van der Waals surface area contributed by atoms with E-state index in [1.165, 1.54) is 6.08 Å². The zero-order valence-corrected chi connectivity index (χ0v) is 10.3. The molecular formula is C14H17NO3. The van der Waals surface area contributed by atoms with E-state index in [9.17, 15) is 14.7 Å². The van der Waals surface area contributed by atoms with Crippen LogP contribution in [0.5, 0.6) is 0 Å². The minimum atomic E-state index is -1.40. The first-order valence-corrected chi connectivity index (χ1v) is 5.80. The monoisotopic (exact) mass is 247 g/mol. The molecule has 1 amide bonds. The topological polar surface area (TPSA) is 66.4 Å². The van der Waals surface area contributed by atoms with Crippen LogP contribution in [0.2, 0.25) is 0 Å². The Bertz CT molecular complexity index is 442. The summed E-state index contributed by atoms with van der Waals surface area (Å²) in [5, 5.41) is 11.8. The van der Waals surface area contributed by atoms with Crippen LogP contribution in [-0.4, -0.2) is 22.5 Å². The minimum absolute atomic E-state index is 0.310. The van der Waals surface area contributed by atoms with E-state index in [-0.39, 0.29) is 0 Å². The number of hydrogen-bond acceptors (Lipinski definition) is 2. The van der Waals surface area contributed by atoms with E-state index in [1.807, 2.05) is 6.92 Å². The van der Waals surface area contributed by atoms with Crippen molar-refractivity contribution >= 4 is 11.9 Å². The first-order chi connectivity index (χ1) is 8.55. The molecule has 1 rings (SSSR count). The fraction of sp³-hybridized carbons (Fsp3) is 0.286. The van der Waals surface area contributed by atoms with Gasteiger partial charge in [0.15, 0.2) is 5.54 Å². The van der Waals surface area contributed by atoms with E-state index in [2.05, 4.69) is 11.9 Å². The van der Waals surface area contributed by atoms with Crippen LogP contribution in [0.3, 0.4) is 0 Å². The molecule has 0 radical (unpaired) electrons. The molecule has 4 heteroatoms. The maximum atomic E-state index is 12.0. The first kappa shape index (κ1) is 14.0. The van der Waals surface area contributed by atoms with Crippen molar-refractivity contribution < 1.29 is 14.7 Å². The summed E-state index contributed by atoms with van der Waals surface area (Å²) in [4.78, 5) is 23.3. The average molecular weight is 247 g/mol. The van der Waals surface area contributed by atoms with Gasteiger partial charge in [0.05, 0.1) is 0 Å². The molecule has 0 bridgehead atoms. The van der Waals surface area contributed by atoms with Gasteiger partial charge in [0.1, 0.15) is 0 Å². The average Bonchev–Trinajstić information content (AvgIpc) is 2.38. The zero-order chi connectivity index (χ0) is 13.6. The molecule has 2 N–H and O–H groups in total. The maximum Gasteiger partial charge on any atom is 0.333 e. The molecule has 0 heterocycles. The van der Waals surface area contributed by atoms with Crippen LogP contribution in [0.1, 0.15) is 30.1 Å². The summed E-state index contributed by atoms with van der Waals surface area (Å²) in [6.07, 6.45) is 2.22. The Morgan fingerprint density at radius 3 is 2.44 bits per heavy atom. The fourth-order valence-corrected chi connectivity index (χ4v) is 1.72. The zero-order valence-electron chi connectivity index (χ0n) is 10.3. The number of aliphatic carboxylic acids is 1. The van der Waals surface area contributed by atoms with Gasteiger partial charge >= 0.3 is 5.97 Å². The Labute approximate surface area is 106 Å². The van der Waals surface area contributed by atoms with E-state index in [0.29, 0.717) is 18.4 Å². The second-order valence-corrected chi connectivity index (χ2v) is 4.05. The Hall–Kier alpha value is -2.10. The molecule has 0 saturated heterocycles. The third-order valence-corrected chi connectivity index (χ3v) is 2.75. The van der Waals surface area contributed by atoms with E-state index >= 15 is 0 Å². The normalized spacial score (nSPS) is 13.4. The highest BCUT2D eigenvalue weighted by atomic mass is 16.4. The minimum Gasteiger partial charge on any atom is -0.479 e. The third-order valence-electron chi connectivity index (χ3n) is 2.75. The highest BCUT2D eigenvalue weighted by molar-refractivity contribution is 5.98. The van der Waals surface area contributed by atoms with Crippen molar-refractivity contribution in [3.05, 3.63) is 48.6 Å². The number of benzene rings is 1. The number of carbonyl (C=O) groups excluding carboxylic acids is 1. The van der Waals surface area contributed by atoms with Gasteiger partial charge in [0.2, 0.25) is 0 Å². The molecule has 18 heavy (non-hydrogen) atoms. The van der Waals surface area contributed by atoms with Crippen molar-refractivity contribution in [1.29, 1.82) is 0 Å². The van der Waals surface area contributed by atoms with Crippen molar-refractivity contribution in [1.82, 2.24) is 5.32 Å². The molecule has 0 aliphatic heterocycles. The molecule has 0 fully saturated rings. The maximum absolute atomic E-state index is 12.0. The second kappa shape index (κ2) is 6.00. The fourth-order valence-electron chi connectivity index (χ4n) is 1.72. The smallest absolute Gasteiger partial charge is 0.333 e. The number of hydrogen-bond donors (Lipinski definition) is 2. The van der Waals surface area contributed by atoms with Crippen molar-refractivity contribution in [3.8, 4) is 0 Å². The van der Waals surface area contributed by atoms with Gasteiger partial charge in [-0.1, -0.05) is 37.6 Å². The Morgan fingerprint density at radius 1 is 1.39 bits per heavy atom. The SMILES string of the molecule is C=C[C@@](CCC)(NC(=O)c1ccccc1)C(=O)O. The van der Waals surface area contributed by atoms with Gasteiger partial charge < -0.3 is 10.4 Å². The number of carbonyl (C=O) groups is 2. The summed E-state index contributed by atoms with van der Waals surface area (Å²) in [5.74, 6) is -1.50. The summed E-state index contributed by atoms with van der Waals surface area (Å²) in [6.45, 7) is 5.38. The van der Waals surface area contributed by atoms with Crippen LogP contribution in [0.15, 0.2) is 43.0 Å². The standard InChI is InChI=1S/C14H17NO3/c1-3-10-14(4-2,13(17)18)15-12(16)11-8-6-5-7-9-11/h4-9H,2-3,10H2,1H3,(H,15,16)(H,17,18)/t14-/m0/s1. The van der Waals surface area contributed by atoms with Gasteiger partial charge in [-0.25, -0.2) is 4.79 Å². The Morgan fingerprint density at radius 2 is 2.00 bits per heavy atom. The molecule has 0 aliphatic carbocycles. The molecule has 1 aromatic carbocycles. The van der Waals surface area contributed by atoms with Gasteiger partial charge in [0, 0.05) is 5.56 Å². The number of carboxylic acid groups (broad SMARTS) is 1. The molecular weight excluding hydrogens is 230 g/mol. The van der Waals surface area contributed by atoms with Crippen molar-refractivity contribution in [2.24, 2.45) is 0 Å². The summed E-state index contributed by atoms with van der Waals surface area (Å²) in [6, 6.07) is 8.52. The number of nitrogens with one attached hydrogen (secondary N) is 1. The lowest BCUT2D eigenvalue weighted by molar-refractivity contribution is -0.142. The van der Waals surface area contributed by atoms with Gasteiger partial charge in [-0.3, -0.25) is 4.79 Å². The van der Waals surface area contributed by atoms with Crippen LogP contribution in [0, 0.1) is 0 Å². The lowest BCUT2D eigenvalue weighted by Gasteiger charge is -2.26.